The number of ether oxygens (including phenoxy) is 2. The van der Waals surface area contributed by atoms with Crippen LogP contribution in [-0.2, 0) is 22.3 Å². The zero-order chi connectivity index (χ0) is 30.7. The van der Waals surface area contributed by atoms with Gasteiger partial charge in [0, 0.05) is 36.4 Å². The average Bonchev–Trinajstić information content (AvgIpc) is 3.64. The summed E-state index contributed by atoms with van der Waals surface area (Å²) in [7, 11) is 1.32. The molecule has 43 heavy (non-hydrogen) atoms. The van der Waals surface area contributed by atoms with Gasteiger partial charge in [0.2, 0.25) is 11.8 Å². The number of benzene rings is 1. The van der Waals surface area contributed by atoms with Crippen LogP contribution in [0.25, 0.3) is 22.4 Å². The molecule has 226 valence electrons. The molecule has 1 saturated heterocycles. The summed E-state index contributed by atoms with van der Waals surface area (Å²) in [6.07, 6.45) is -1.16. The van der Waals surface area contributed by atoms with Crippen LogP contribution < -0.4 is 15.8 Å². The van der Waals surface area contributed by atoms with Crippen molar-refractivity contribution >= 4 is 28.7 Å². The van der Waals surface area contributed by atoms with Crippen LogP contribution in [0.1, 0.15) is 35.3 Å². The zero-order valence-electron chi connectivity index (χ0n) is 23.2. The predicted octanol–water partition coefficient (Wildman–Crippen LogP) is 3.67. The van der Waals surface area contributed by atoms with Gasteiger partial charge in [-0.05, 0) is 49.6 Å². The van der Waals surface area contributed by atoms with Crippen LogP contribution in [0.15, 0.2) is 47.1 Å². The third kappa shape index (κ3) is 6.07. The lowest BCUT2D eigenvalue weighted by Gasteiger charge is -2.22. The van der Waals surface area contributed by atoms with Crippen LogP contribution in [0.4, 0.5) is 19.1 Å². The fourth-order valence-corrected chi connectivity index (χ4v) is 4.99. The Labute approximate surface area is 243 Å². The number of hydrogen-bond donors (Lipinski definition) is 2. The van der Waals surface area contributed by atoms with E-state index in [9.17, 15) is 22.8 Å². The number of fused-ring (bicyclic) bond motifs is 1. The topological polar surface area (TPSA) is 159 Å². The van der Waals surface area contributed by atoms with Crippen molar-refractivity contribution in [1.29, 1.82) is 0 Å². The quantitative estimate of drug-likeness (QED) is 0.270. The number of rotatable bonds is 9. The molecule has 1 amide bonds. The Kier molecular flexibility index (Phi) is 8.43. The molecule has 3 N–H and O–H groups in total. The lowest BCUT2D eigenvalue weighted by atomic mass is 10.1. The molecule has 1 aromatic carbocycles. The van der Waals surface area contributed by atoms with Gasteiger partial charge in [-0.15, -0.1) is 0 Å². The first-order valence-corrected chi connectivity index (χ1v) is 13.4. The van der Waals surface area contributed by atoms with Gasteiger partial charge in [-0.25, -0.2) is 24.7 Å². The Morgan fingerprint density at radius 1 is 1.16 bits per heavy atom. The molecule has 0 radical (unpaired) electrons. The highest BCUT2D eigenvalue weighted by atomic mass is 19.4. The summed E-state index contributed by atoms with van der Waals surface area (Å²) >= 11 is 0. The minimum absolute atomic E-state index is 0.0470. The van der Waals surface area contributed by atoms with Gasteiger partial charge in [-0.1, -0.05) is 0 Å². The van der Waals surface area contributed by atoms with Crippen LogP contribution in [0, 0.1) is 5.92 Å². The molecule has 4 heterocycles. The van der Waals surface area contributed by atoms with E-state index in [-0.39, 0.29) is 65.2 Å². The standard InChI is InChI=1S/C28H28F3N7O5/c1-3-42-26(40)18-11-15(13-35-27-33-9-4-10-34-27)14-38(18)25(39)23-20(12-32)43-24(37-23)17-5-7-19(41-2)22-16(17)6-8-21(36-22)28(29,30)31/h4-10,15,18H,3,11-14,32H2,1-2H3,(H,33,34,35)/t15?,18-/m0/s1. The highest BCUT2D eigenvalue weighted by Crippen LogP contribution is 2.37. The van der Waals surface area contributed by atoms with Crippen molar-refractivity contribution in [2.45, 2.75) is 32.1 Å². The molecule has 5 rings (SSSR count). The molecule has 1 aliphatic heterocycles. The van der Waals surface area contributed by atoms with E-state index < -0.39 is 29.8 Å². The highest BCUT2D eigenvalue weighted by molar-refractivity contribution is 5.99. The van der Waals surface area contributed by atoms with Gasteiger partial charge in [0.1, 0.15) is 23.0 Å². The molecule has 0 spiro atoms. The molecule has 4 aromatic rings. The Morgan fingerprint density at radius 2 is 1.93 bits per heavy atom. The molecule has 1 unspecified atom stereocenters. The van der Waals surface area contributed by atoms with Crippen molar-refractivity contribution in [3.8, 4) is 17.2 Å². The summed E-state index contributed by atoms with van der Waals surface area (Å²) in [5.41, 5.74) is 4.92. The van der Waals surface area contributed by atoms with E-state index in [4.69, 9.17) is 19.6 Å². The van der Waals surface area contributed by atoms with Crippen molar-refractivity contribution in [1.82, 2.24) is 24.8 Å². The first kappa shape index (κ1) is 29.7. The number of likely N-dealkylation sites (tertiary alicyclic amines) is 1. The maximum Gasteiger partial charge on any atom is 0.433 e. The average molecular weight is 600 g/mol. The van der Waals surface area contributed by atoms with Crippen LogP contribution in [0.2, 0.25) is 0 Å². The number of amides is 1. The number of carbonyl (C=O) groups is 2. The normalized spacial score (nSPS) is 16.8. The van der Waals surface area contributed by atoms with E-state index in [1.54, 1.807) is 31.5 Å². The Balaban J connectivity index is 1.48. The minimum Gasteiger partial charge on any atom is -0.494 e. The number of esters is 1. The van der Waals surface area contributed by atoms with Crippen molar-refractivity contribution in [2.24, 2.45) is 11.7 Å². The number of hydrogen-bond acceptors (Lipinski definition) is 11. The van der Waals surface area contributed by atoms with Crippen molar-refractivity contribution in [3.05, 3.63) is 59.9 Å². The number of alkyl halides is 3. The maximum absolute atomic E-state index is 13.9. The number of nitrogens with one attached hydrogen (secondary N) is 1. The molecule has 2 atom stereocenters. The van der Waals surface area contributed by atoms with E-state index in [1.165, 1.54) is 24.1 Å². The van der Waals surface area contributed by atoms with Gasteiger partial charge in [-0.2, -0.15) is 13.2 Å². The Morgan fingerprint density at radius 3 is 2.60 bits per heavy atom. The number of halogens is 3. The molecular formula is C28H28F3N7O5. The number of nitrogens with zero attached hydrogens (tertiary/aromatic N) is 5. The number of pyridine rings is 1. The summed E-state index contributed by atoms with van der Waals surface area (Å²) in [6, 6.07) is 5.86. The molecule has 0 saturated carbocycles. The first-order valence-electron chi connectivity index (χ1n) is 13.4. The van der Waals surface area contributed by atoms with E-state index in [0.717, 1.165) is 6.07 Å². The molecule has 0 aliphatic carbocycles. The number of anilines is 1. The van der Waals surface area contributed by atoms with E-state index in [1.807, 2.05) is 0 Å². The number of aromatic nitrogens is 4. The molecule has 3 aromatic heterocycles. The predicted molar refractivity (Wildman–Crippen MR) is 147 cm³/mol. The van der Waals surface area contributed by atoms with Gasteiger partial charge in [0.15, 0.2) is 11.5 Å². The summed E-state index contributed by atoms with van der Waals surface area (Å²) in [5, 5.41) is 3.37. The fraction of sp³-hybridized carbons (Fsp3) is 0.357. The molecule has 0 bridgehead atoms. The fourth-order valence-electron chi connectivity index (χ4n) is 4.99. The van der Waals surface area contributed by atoms with Gasteiger partial charge in [-0.3, -0.25) is 4.79 Å². The lowest BCUT2D eigenvalue weighted by molar-refractivity contribution is -0.147. The Bertz CT molecular complexity index is 1630. The summed E-state index contributed by atoms with van der Waals surface area (Å²) in [4.78, 5) is 44.5. The molecule has 1 aliphatic rings. The second kappa shape index (κ2) is 12.2. The molecule has 12 nitrogen and oxygen atoms in total. The van der Waals surface area contributed by atoms with Crippen molar-refractivity contribution in [3.63, 3.8) is 0 Å². The number of carbonyl (C=O) groups excluding carboxylic acids is 2. The van der Waals surface area contributed by atoms with Crippen LogP contribution in [0.5, 0.6) is 5.75 Å². The van der Waals surface area contributed by atoms with Gasteiger partial charge in [0.05, 0.1) is 20.3 Å². The second-order valence-corrected chi connectivity index (χ2v) is 9.68. The van der Waals surface area contributed by atoms with Gasteiger partial charge in [0.25, 0.3) is 5.91 Å². The third-order valence-electron chi connectivity index (χ3n) is 6.97. The number of methoxy groups -OCH3 is 1. The Hall–Kier alpha value is -4.79. The van der Waals surface area contributed by atoms with Gasteiger partial charge >= 0.3 is 12.1 Å². The monoisotopic (exact) mass is 599 g/mol. The SMILES string of the molecule is CCOC(=O)[C@@H]1CC(CNc2ncccn2)CN1C(=O)c1nc(-c2ccc(OC)c3nc(C(F)(F)F)ccc23)oc1CN. The van der Waals surface area contributed by atoms with E-state index in [0.29, 0.717) is 18.9 Å². The third-order valence-corrected chi connectivity index (χ3v) is 6.97. The van der Waals surface area contributed by atoms with Crippen molar-refractivity contribution < 1.29 is 36.7 Å². The number of nitrogens with two attached hydrogens (primary N) is 1. The van der Waals surface area contributed by atoms with E-state index in [2.05, 4.69) is 25.3 Å². The molecule has 15 heteroatoms. The minimum atomic E-state index is -4.67. The molecule has 1 fully saturated rings. The van der Waals surface area contributed by atoms with Crippen LogP contribution in [-0.4, -0.2) is 69.6 Å². The van der Waals surface area contributed by atoms with E-state index >= 15 is 0 Å². The van der Waals surface area contributed by atoms with Crippen molar-refractivity contribution in [2.75, 3.05) is 32.1 Å². The second-order valence-electron chi connectivity index (χ2n) is 9.68. The molecular weight excluding hydrogens is 571 g/mol. The summed E-state index contributed by atoms with van der Waals surface area (Å²) in [6.45, 7) is 2.20. The highest BCUT2D eigenvalue weighted by Gasteiger charge is 2.42. The lowest BCUT2D eigenvalue weighted by Crippen LogP contribution is -2.42. The maximum atomic E-state index is 13.9. The zero-order valence-corrected chi connectivity index (χ0v) is 23.2. The summed E-state index contributed by atoms with van der Waals surface area (Å²) in [5.74, 6) is -0.775. The summed E-state index contributed by atoms with van der Waals surface area (Å²) < 4.78 is 56.5. The largest absolute Gasteiger partial charge is 0.494 e. The van der Waals surface area contributed by atoms with Crippen LogP contribution in [0.3, 0.4) is 0 Å². The van der Waals surface area contributed by atoms with Crippen LogP contribution >= 0.6 is 0 Å². The number of oxazole rings is 1. The first-order chi connectivity index (χ1) is 20.6. The van der Waals surface area contributed by atoms with Gasteiger partial charge < -0.3 is 29.8 Å². The smallest absolute Gasteiger partial charge is 0.433 e.